The molecule has 0 radical (unpaired) electrons. The van der Waals surface area contributed by atoms with Crippen molar-refractivity contribution in [2.75, 3.05) is 39.9 Å². The maximum atomic E-state index is 5.56. The van der Waals surface area contributed by atoms with Crippen molar-refractivity contribution in [1.29, 1.82) is 0 Å². The molecule has 1 aliphatic heterocycles. The number of rotatable bonds is 5. The van der Waals surface area contributed by atoms with E-state index in [0.29, 0.717) is 5.41 Å². The van der Waals surface area contributed by atoms with Gasteiger partial charge in [-0.25, -0.2) is 0 Å². The molecular formula is C12H24N2O. The van der Waals surface area contributed by atoms with Crippen LogP contribution in [0.3, 0.4) is 0 Å². The van der Waals surface area contributed by atoms with Gasteiger partial charge in [0.15, 0.2) is 0 Å². The number of fused-ring (bicyclic) bond motifs is 1. The number of methoxy groups -OCH3 is 1. The molecule has 0 bridgehead atoms. The van der Waals surface area contributed by atoms with E-state index in [0.717, 1.165) is 25.5 Å². The Bertz CT molecular complexity index is 210. The van der Waals surface area contributed by atoms with E-state index in [-0.39, 0.29) is 0 Å². The predicted molar refractivity (Wildman–Crippen MR) is 61.8 cm³/mol. The van der Waals surface area contributed by atoms with Crippen molar-refractivity contribution in [2.45, 2.75) is 25.7 Å². The molecule has 2 aliphatic rings. The van der Waals surface area contributed by atoms with Crippen molar-refractivity contribution in [3.63, 3.8) is 0 Å². The fourth-order valence-corrected chi connectivity index (χ4v) is 3.53. The van der Waals surface area contributed by atoms with Crippen molar-refractivity contribution in [3.05, 3.63) is 0 Å². The lowest BCUT2D eigenvalue weighted by molar-refractivity contribution is 0.0704. The third-order valence-corrected chi connectivity index (χ3v) is 4.22. The fraction of sp³-hybridized carbons (Fsp3) is 1.00. The Morgan fingerprint density at radius 1 is 1.53 bits per heavy atom. The molecule has 0 aromatic carbocycles. The van der Waals surface area contributed by atoms with E-state index in [4.69, 9.17) is 10.5 Å². The first kappa shape index (κ1) is 11.4. The van der Waals surface area contributed by atoms with E-state index in [1.165, 1.54) is 38.9 Å². The van der Waals surface area contributed by atoms with Crippen molar-refractivity contribution < 1.29 is 4.74 Å². The molecule has 2 fully saturated rings. The average molecular weight is 212 g/mol. The van der Waals surface area contributed by atoms with Crippen LogP contribution in [0, 0.1) is 11.3 Å². The second-order valence-corrected chi connectivity index (χ2v) is 5.26. The van der Waals surface area contributed by atoms with E-state index >= 15 is 0 Å². The fourth-order valence-electron chi connectivity index (χ4n) is 3.53. The van der Waals surface area contributed by atoms with Gasteiger partial charge in [-0.3, -0.25) is 0 Å². The summed E-state index contributed by atoms with van der Waals surface area (Å²) >= 11 is 0. The quantitative estimate of drug-likeness (QED) is 0.741. The molecule has 0 aromatic heterocycles. The van der Waals surface area contributed by atoms with Gasteiger partial charge in [0.2, 0.25) is 0 Å². The van der Waals surface area contributed by atoms with Gasteiger partial charge in [-0.2, -0.15) is 0 Å². The summed E-state index contributed by atoms with van der Waals surface area (Å²) in [5.74, 6) is 0.884. The Hall–Kier alpha value is -0.120. The minimum absolute atomic E-state index is 0.489. The lowest BCUT2D eigenvalue weighted by Crippen LogP contribution is -2.32. The van der Waals surface area contributed by atoms with Crippen molar-refractivity contribution >= 4 is 0 Å². The van der Waals surface area contributed by atoms with Crippen LogP contribution >= 0.6 is 0 Å². The van der Waals surface area contributed by atoms with Crippen molar-refractivity contribution in [2.24, 2.45) is 17.1 Å². The Kier molecular flexibility index (Phi) is 3.65. The van der Waals surface area contributed by atoms with Gasteiger partial charge in [-0.15, -0.1) is 0 Å². The summed E-state index contributed by atoms with van der Waals surface area (Å²) in [6.07, 6.45) is 5.31. The van der Waals surface area contributed by atoms with Crippen LogP contribution in [0.4, 0.5) is 0 Å². The molecule has 1 saturated carbocycles. The molecule has 2 N–H and O–H groups in total. The number of ether oxygens (including phenoxy) is 1. The number of likely N-dealkylation sites (tertiary alicyclic amines) is 1. The molecular weight excluding hydrogens is 188 g/mol. The third kappa shape index (κ3) is 2.19. The summed E-state index contributed by atoms with van der Waals surface area (Å²) in [4.78, 5) is 2.59. The maximum absolute atomic E-state index is 5.56. The molecule has 88 valence electrons. The smallest absolute Gasteiger partial charge is 0.0534 e. The second kappa shape index (κ2) is 4.81. The molecule has 3 nitrogen and oxygen atoms in total. The summed E-state index contributed by atoms with van der Waals surface area (Å²) in [6.45, 7) is 5.47. The molecule has 2 atom stereocenters. The van der Waals surface area contributed by atoms with Crippen LogP contribution in [0.15, 0.2) is 0 Å². The first-order valence-corrected chi connectivity index (χ1v) is 6.22. The van der Waals surface area contributed by atoms with Gasteiger partial charge in [-0.05, 0) is 38.3 Å². The molecule has 1 aliphatic carbocycles. The van der Waals surface area contributed by atoms with E-state index in [1.54, 1.807) is 0 Å². The third-order valence-electron chi connectivity index (χ3n) is 4.22. The first-order chi connectivity index (χ1) is 7.30. The molecule has 1 heterocycles. The van der Waals surface area contributed by atoms with Crippen LogP contribution in [0.2, 0.25) is 0 Å². The zero-order chi connectivity index (χ0) is 10.7. The summed E-state index contributed by atoms with van der Waals surface area (Å²) in [7, 11) is 1.84. The van der Waals surface area contributed by atoms with Gasteiger partial charge in [0, 0.05) is 25.6 Å². The number of hydrogen-bond donors (Lipinski definition) is 1. The molecule has 0 aromatic rings. The van der Waals surface area contributed by atoms with Gasteiger partial charge in [0.1, 0.15) is 0 Å². The minimum atomic E-state index is 0.489. The number of nitrogens with two attached hydrogens (primary N) is 1. The van der Waals surface area contributed by atoms with E-state index in [9.17, 15) is 0 Å². The van der Waals surface area contributed by atoms with Gasteiger partial charge < -0.3 is 15.4 Å². The van der Waals surface area contributed by atoms with Crippen molar-refractivity contribution in [1.82, 2.24) is 4.90 Å². The van der Waals surface area contributed by atoms with Crippen LogP contribution in [0.25, 0.3) is 0 Å². The Balaban J connectivity index is 1.92. The van der Waals surface area contributed by atoms with E-state index in [1.807, 2.05) is 7.11 Å². The SMILES string of the molecule is COCC12CCCC1CN(CCCN)C2. The van der Waals surface area contributed by atoms with Crippen LogP contribution < -0.4 is 5.73 Å². The van der Waals surface area contributed by atoms with Gasteiger partial charge >= 0.3 is 0 Å². The monoisotopic (exact) mass is 212 g/mol. The van der Waals surface area contributed by atoms with Crippen LogP contribution in [0.1, 0.15) is 25.7 Å². The van der Waals surface area contributed by atoms with E-state index < -0.39 is 0 Å². The molecule has 2 rings (SSSR count). The Morgan fingerprint density at radius 2 is 2.40 bits per heavy atom. The Morgan fingerprint density at radius 3 is 3.13 bits per heavy atom. The normalized spacial score (nSPS) is 36.0. The molecule has 1 saturated heterocycles. The summed E-state index contributed by atoms with van der Waals surface area (Å²) in [6, 6.07) is 0. The highest BCUT2D eigenvalue weighted by atomic mass is 16.5. The van der Waals surface area contributed by atoms with Crippen LogP contribution in [0.5, 0.6) is 0 Å². The minimum Gasteiger partial charge on any atom is -0.384 e. The van der Waals surface area contributed by atoms with Gasteiger partial charge in [0.25, 0.3) is 0 Å². The summed E-state index contributed by atoms with van der Waals surface area (Å²) in [5, 5.41) is 0. The van der Waals surface area contributed by atoms with Crippen LogP contribution in [-0.2, 0) is 4.74 Å². The lowest BCUT2D eigenvalue weighted by atomic mass is 9.82. The number of nitrogens with zero attached hydrogens (tertiary/aromatic N) is 1. The van der Waals surface area contributed by atoms with Gasteiger partial charge in [-0.1, -0.05) is 6.42 Å². The zero-order valence-electron chi connectivity index (χ0n) is 9.87. The molecule has 3 heteroatoms. The molecule has 15 heavy (non-hydrogen) atoms. The highest BCUT2D eigenvalue weighted by molar-refractivity contribution is 5.00. The maximum Gasteiger partial charge on any atom is 0.0534 e. The first-order valence-electron chi connectivity index (χ1n) is 6.22. The van der Waals surface area contributed by atoms with Crippen molar-refractivity contribution in [3.8, 4) is 0 Å². The number of hydrogen-bond acceptors (Lipinski definition) is 3. The second-order valence-electron chi connectivity index (χ2n) is 5.26. The van der Waals surface area contributed by atoms with Gasteiger partial charge in [0.05, 0.1) is 6.61 Å². The summed E-state index contributed by atoms with van der Waals surface area (Å²) < 4.78 is 5.43. The lowest BCUT2D eigenvalue weighted by Gasteiger charge is -2.28. The highest BCUT2D eigenvalue weighted by Gasteiger charge is 2.48. The summed E-state index contributed by atoms with van der Waals surface area (Å²) in [5.41, 5.74) is 6.05. The average Bonchev–Trinajstić information content (AvgIpc) is 2.71. The van der Waals surface area contributed by atoms with Crippen LogP contribution in [-0.4, -0.2) is 44.8 Å². The molecule has 2 unspecified atom stereocenters. The standard InChI is InChI=1S/C12H24N2O/c1-15-10-12-5-2-4-11(12)8-14(9-12)7-3-6-13/h11H,2-10,13H2,1H3. The van der Waals surface area contributed by atoms with E-state index in [2.05, 4.69) is 4.90 Å². The molecule has 0 spiro atoms. The highest BCUT2D eigenvalue weighted by Crippen LogP contribution is 2.48. The Labute approximate surface area is 93.0 Å². The zero-order valence-corrected chi connectivity index (χ0v) is 9.87. The largest absolute Gasteiger partial charge is 0.384 e. The topological polar surface area (TPSA) is 38.5 Å². The molecule has 0 amide bonds. The predicted octanol–water partition coefficient (Wildman–Crippen LogP) is 1.08.